The number of phenolic OH excluding ortho intramolecular Hbond substituents is 2. The first-order chi connectivity index (χ1) is 27.0. The van der Waals surface area contributed by atoms with Gasteiger partial charge in [-0.1, -0.05) is 55.7 Å². The molecular formula is C46H48N2O7. The summed E-state index contributed by atoms with van der Waals surface area (Å²) in [6.07, 6.45) is 14.2. The molecule has 0 saturated heterocycles. The molecule has 0 aromatic heterocycles. The fourth-order valence-corrected chi connectivity index (χ4v) is 10.2. The first kappa shape index (κ1) is 34.6. The molecule has 0 spiro atoms. The van der Waals surface area contributed by atoms with E-state index in [0.717, 1.165) is 75.1 Å². The standard InChI is InChI=1S/C46H48N2O7/c1-52-40-20-27(8-15-39(40)51)44-41(53-24-48-28-5-3-2-4-6-28)22-36-35-21-34-30(25-7-14-37-26(19-25)17-18-47-37)11-12-31-38(50)16-13-32(42(31)34)43(35)46-33(45(36)55-44)10-9-29(23-49)54-46/h7-8,11-17,19-20,28-30,34,41,44,48-51H,2-6,9-10,18,21-24H2,1H3/t29-,30-,34-,41-,44-/m1/s1. The lowest BCUT2D eigenvalue weighted by molar-refractivity contribution is -0.0486. The molecule has 4 N–H and O–H groups in total. The van der Waals surface area contributed by atoms with Gasteiger partial charge in [-0.15, -0.1) is 0 Å². The fourth-order valence-electron chi connectivity index (χ4n) is 10.2. The molecule has 9 nitrogen and oxygen atoms in total. The van der Waals surface area contributed by atoms with Crippen LogP contribution in [0.3, 0.4) is 0 Å². The van der Waals surface area contributed by atoms with Gasteiger partial charge in [-0.25, -0.2) is 0 Å². The van der Waals surface area contributed by atoms with E-state index in [1.165, 1.54) is 35.6 Å². The average Bonchev–Trinajstić information content (AvgIpc) is 3.70. The van der Waals surface area contributed by atoms with Crippen LogP contribution in [-0.4, -0.2) is 60.6 Å². The van der Waals surface area contributed by atoms with Crippen molar-refractivity contribution in [3.63, 3.8) is 0 Å². The molecule has 3 aliphatic heterocycles. The topological polar surface area (TPSA) is 122 Å². The van der Waals surface area contributed by atoms with Gasteiger partial charge >= 0.3 is 0 Å². The number of aliphatic hydroxyl groups excluding tert-OH is 1. The maximum absolute atomic E-state index is 11.3. The van der Waals surface area contributed by atoms with Crippen LogP contribution < -0.4 is 30.1 Å². The van der Waals surface area contributed by atoms with Crippen LogP contribution in [-0.2, 0) is 24.0 Å². The molecule has 9 heteroatoms. The molecule has 5 atom stereocenters. The Labute approximate surface area is 320 Å². The predicted octanol–water partition coefficient (Wildman–Crippen LogP) is 6.26. The van der Waals surface area contributed by atoms with Crippen LogP contribution in [0.5, 0.6) is 28.7 Å². The summed E-state index contributed by atoms with van der Waals surface area (Å²) in [5.74, 6) is 2.47. The summed E-state index contributed by atoms with van der Waals surface area (Å²) in [7, 11) is 1.56. The van der Waals surface area contributed by atoms with Crippen molar-refractivity contribution in [3.05, 3.63) is 104 Å². The number of aromatic hydroxyl groups is 2. The second kappa shape index (κ2) is 14.0. The molecule has 3 heterocycles. The van der Waals surface area contributed by atoms with Gasteiger partial charge in [-0.05, 0) is 101 Å². The Morgan fingerprint density at radius 2 is 1.73 bits per heavy atom. The molecule has 0 amide bonds. The minimum atomic E-state index is -0.467. The van der Waals surface area contributed by atoms with Crippen LogP contribution in [0.4, 0.5) is 0 Å². The van der Waals surface area contributed by atoms with E-state index < -0.39 is 6.10 Å². The molecule has 3 aliphatic carbocycles. The zero-order valence-corrected chi connectivity index (χ0v) is 31.2. The summed E-state index contributed by atoms with van der Waals surface area (Å²) >= 11 is 0. The van der Waals surface area contributed by atoms with Crippen molar-refractivity contribution in [3.8, 4) is 39.9 Å². The van der Waals surface area contributed by atoms with Gasteiger partial charge in [-0.2, -0.15) is 0 Å². The molecule has 1 fully saturated rings. The minimum Gasteiger partial charge on any atom is -0.507 e. The van der Waals surface area contributed by atoms with Gasteiger partial charge in [0.1, 0.15) is 29.5 Å². The predicted molar refractivity (Wildman–Crippen MR) is 210 cm³/mol. The van der Waals surface area contributed by atoms with E-state index >= 15 is 0 Å². The van der Waals surface area contributed by atoms with E-state index in [9.17, 15) is 15.3 Å². The number of hydrogen-bond acceptors (Lipinski definition) is 9. The quantitative estimate of drug-likeness (QED) is 0.156. The minimum absolute atomic E-state index is 0.0526. The summed E-state index contributed by atoms with van der Waals surface area (Å²) in [6, 6.07) is 16.3. The van der Waals surface area contributed by atoms with Crippen LogP contribution >= 0.6 is 0 Å². The third kappa shape index (κ3) is 5.90. The van der Waals surface area contributed by atoms with Gasteiger partial charge in [-0.3, -0.25) is 10.3 Å². The molecule has 0 bridgehead atoms. The van der Waals surface area contributed by atoms with Gasteiger partial charge in [0.05, 0.1) is 32.3 Å². The maximum Gasteiger partial charge on any atom is 0.160 e. The molecule has 4 aromatic rings. The van der Waals surface area contributed by atoms with Gasteiger partial charge < -0.3 is 34.3 Å². The van der Waals surface area contributed by atoms with Crippen LogP contribution in [0.1, 0.15) is 95.4 Å². The summed E-state index contributed by atoms with van der Waals surface area (Å²) in [6.45, 7) is 1.05. The number of methoxy groups -OCH3 is 1. The van der Waals surface area contributed by atoms with Gasteiger partial charge in [0.15, 0.2) is 17.6 Å². The number of benzene rings is 4. The normalized spacial score (nSPS) is 24.5. The van der Waals surface area contributed by atoms with E-state index in [0.29, 0.717) is 44.3 Å². The highest BCUT2D eigenvalue weighted by atomic mass is 16.6. The fraction of sp³-hybridized carbons (Fsp3) is 0.413. The second-order valence-corrected chi connectivity index (χ2v) is 16.0. The highest BCUT2D eigenvalue weighted by Gasteiger charge is 2.44. The van der Waals surface area contributed by atoms with E-state index in [1.54, 1.807) is 13.2 Å². The van der Waals surface area contributed by atoms with Crippen molar-refractivity contribution in [2.45, 2.75) is 94.0 Å². The molecule has 0 radical (unpaired) electrons. The third-order valence-corrected chi connectivity index (χ3v) is 13.0. The lowest BCUT2D eigenvalue weighted by Crippen LogP contribution is -2.40. The summed E-state index contributed by atoms with van der Waals surface area (Å²) in [5, 5.41) is 38.0. The van der Waals surface area contributed by atoms with E-state index in [4.69, 9.17) is 18.9 Å². The Balaban J connectivity index is 1.12. The smallest absolute Gasteiger partial charge is 0.160 e. The molecule has 0 unspecified atom stereocenters. The third-order valence-electron chi connectivity index (χ3n) is 13.0. The SMILES string of the molecule is COc1cc([C@H]2Oc3c(c4c(c5c3CC[C@H](CO)O5)-c3ccc(O)c5c3[C@H](C4)[C@@H](c3ccc4c(c3)=CCN=4)C=C5)C[C@H]2OCNC2CCCCC2)ccc1O. The van der Waals surface area contributed by atoms with Crippen molar-refractivity contribution >= 4 is 12.2 Å². The number of nitrogens with zero attached hydrogens (tertiary/aromatic N) is 1. The maximum atomic E-state index is 11.3. The number of hydrogen-bond donors (Lipinski definition) is 4. The van der Waals surface area contributed by atoms with E-state index in [2.05, 4.69) is 52.8 Å². The Morgan fingerprint density at radius 3 is 2.58 bits per heavy atom. The summed E-state index contributed by atoms with van der Waals surface area (Å²) in [5.41, 5.74) is 9.53. The number of rotatable bonds is 8. The number of aliphatic hydroxyl groups is 1. The first-order valence-corrected chi connectivity index (χ1v) is 20.0. The van der Waals surface area contributed by atoms with Crippen LogP contribution in [0.15, 0.2) is 59.6 Å². The van der Waals surface area contributed by atoms with Gasteiger partial charge in [0.2, 0.25) is 0 Å². The number of phenols is 2. The monoisotopic (exact) mass is 740 g/mol. The molecule has 10 rings (SSSR count). The molecule has 284 valence electrons. The molecule has 6 aliphatic rings. The number of allylic oxidation sites excluding steroid dienone is 1. The number of fused-ring (bicyclic) bond motifs is 8. The second-order valence-electron chi connectivity index (χ2n) is 16.0. The van der Waals surface area contributed by atoms with Gasteiger partial charge in [0.25, 0.3) is 0 Å². The number of ether oxygens (including phenoxy) is 4. The zero-order valence-electron chi connectivity index (χ0n) is 31.2. The lowest BCUT2D eigenvalue weighted by Gasteiger charge is -2.43. The van der Waals surface area contributed by atoms with Crippen LogP contribution in [0, 0.1) is 0 Å². The highest BCUT2D eigenvalue weighted by Crippen LogP contribution is 2.59. The van der Waals surface area contributed by atoms with Crippen molar-refractivity contribution in [2.75, 3.05) is 27.0 Å². The lowest BCUT2D eigenvalue weighted by atomic mass is 9.65. The largest absolute Gasteiger partial charge is 0.507 e. The summed E-state index contributed by atoms with van der Waals surface area (Å²) < 4.78 is 26.3. The molecular weight excluding hydrogens is 693 g/mol. The van der Waals surface area contributed by atoms with E-state index in [1.807, 2.05) is 18.2 Å². The van der Waals surface area contributed by atoms with Gasteiger partial charge in [0, 0.05) is 40.6 Å². The highest BCUT2D eigenvalue weighted by molar-refractivity contribution is 5.88. The first-order valence-electron chi connectivity index (χ1n) is 20.0. The summed E-state index contributed by atoms with van der Waals surface area (Å²) in [4.78, 5) is 4.64. The Bertz CT molecular complexity index is 2330. The van der Waals surface area contributed by atoms with Crippen molar-refractivity contribution in [1.29, 1.82) is 0 Å². The van der Waals surface area contributed by atoms with Crippen molar-refractivity contribution < 1.29 is 34.3 Å². The molecule has 1 saturated carbocycles. The molecule has 55 heavy (non-hydrogen) atoms. The van der Waals surface area contributed by atoms with Crippen molar-refractivity contribution in [1.82, 2.24) is 5.32 Å². The Kier molecular flexibility index (Phi) is 8.84. The average molecular weight is 741 g/mol. The number of nitrogens with one attached hydrogen (secondary N) is 1. The van der Waals surface area contributed by atoms with Crippen molar-refractivity contribution in [2.24, 2.45) is 4.99 Å². The molecule has 4 aromatic carbocycles. The van der Waals surface area contributed by atoms with Crippen LogP contribution in [0.25, 0.3) is 23.3 Å². The Hall–Kier alpha value is -4.83. The Morgan fingerprint density at radius 1 is 0.873 bits per heavy atom. The van der Waals surface area contributed by atoms with Crippen LogP contribution in [0.2, 0.25) is 0 Å². The zero-order chi connectivity index (χ0) is 37.2. The van der Waals surface area contributed by atoms with E-state index in [-0.39, 0.29) is 42.1 Å².